The topological polar surface area (TPSA) is 47.6 Å². The minimum absolute atomic E-state index is 0.0855. The molecule has 1 N–H and O–H groups in total. The van der Waals surface area contributed by atoms with Gasteiger partial charge in [0.2, 0.25) is 0 Å². The molecule has 0 aliphatic heterocycles. The van der Waals surface area contributed by atoms with Crippen molar-refractivity contribution in [3.05, 3.63) is 59.7 Å². The van der Waals surface area contributed by atoms with Gasteiger partial charge in [-0.25, -0.2) is 0 Å². The van der Waals surface area contributed by atoms with E-state index in [1.807, 2.05) is 31.2 Å². The largest absolute Gasteiger partial charge is 0.497 e. The van der Waals surface area contributed by atoms with Crippen molar-refractivity contribution in [1.29, 1.82) is 0 Å². The van der Waals surface area contributed by atoms with Crippen LogP contribution in [-0.2, 0) is 6.42 Å². The maximum Gasteiger partial charge on any atom is 0.179 e. The van der Waals surface area contributed by atoms with Crippen LogP contribution < -0.4 is 14.8 Å². The molecule has 0 aliphatic carbocycles. The van der Waals surface area contributed by atoms with Crippen molar-refractivity contribution < 1.29 is 14.3 Å². The number of ether oxygens (including phenoxy) is 2. The maximum atomic E-state index is 12.4. The van der Waals surface area contributed by atoms with E-state index in [0.29, 0.717) is 5.56 Å². The van der Waals surface area contributed by atoms with Crippen molar-refractivity contribution >= 4 is 5.78 Å². The standard InChI is InChI=1S/C19H23NO3/c1-14(19(21)16-6-10-18(23-3)11-7-16)20-13-12-15-4-8-17(22-2)9-5-15/h4-11,14,20H,12-13H2,1-3H3. The molecular weight excluding hydrogens is 290 g/mol. The molecule has 0 saturated carbocycles. The summed E-state index contributed by atoms with van der Waals surface area (Å²) in [5.74, 6) is 1.69. The van der Waals surface area contributed by atoms with Crippen LogP contribution in [0.2, 0.25) is 0 Å². The van der Waals surface area contributed by atoms with Gasteiger partial charge in [0.05, 0.1) is 20.3 Å². The van der Waals surface area contributed by atoms with E-state index in [2.05, 4.69) is 5.32 Å². The molecule has 0 aliphatic rings. The second-order valence-electron chi connectivity index (χ2n) is 5.37. The van der Waals surface area contributed by atoms with Crippen LogP contribution in [0, 0.1) is 0 Å². The van der Waals surface area contributed by atoms with Gasteiger partial charge in [-0.1, -0.05) is 12.1 Å². The van der Waals surface area contributed by atoms with Crippen molar-refractivity contribution in [3.8, 4) is 11.5 Å². The van der Waals surface area contributed by atoms with Gasteiger partial charge in [0.25, 0.3) is 0 Å². The highest BCUT2D eigenvalue weighted by Gasteiger charge is 2.14. The quantitative estimate of drug-likeness (QED) is 0.761. The van der Waals surface area contributed by atoms with E-state index < -0.39 is 0 Å². The van der Waals surface area contributed by atoms with Crippen LogP contribution in [0.1, 0.15) is 22.8 Å². The Morgan fingerprint density at radius 2 is 1.48 bits per heavy atom. The van der Waals surface area contributed by atoms with E-state index in [9.17, 15) is 4.79 Å². The molecule has 0 radical (unpaired) electrons. The van der Waals surface area contributed by atoms with Gasteiger partial charge in [-0.2, -0.15) is 0 Å². The fourth-order valence-corrected chi connectivity index (χ4v) is 2.32. The van der Waals surface area contributed by atoms with Crippen LogP contribution in [0.15, 0.2) is 48.5 Å². The third-order valence-corrected chi connectivity index (χ3v) is 3.79. The fraction of sp³-hybridized carbons (Fsp3) is 0.316. The number of ketones is 1. The van der Waals surface area contributed by atoms with E-state index in [1.165, 1.54) is 5.56 Å². The van der Waals surface area contributed by atoms with Crippen molar-refractivity contribution in [2.24, 2.45) is 0 Å². The number of hydrogen-bond donors (Lipinski definition) is 1. The van der Waals surface area contributed by atoms with Gasteiger partial charge in [0.15, 0.2) is 5.78 Å². The van der Waals surface area contributed by atoms with Crippen LogP contribution in [-0.4, -0.2) is 32.6 Å². The lowest BCUT2D eigenvalue weighted by Crippen LogP contribution is -2.35. The average molecular weight is 313 g/mol. The number of rotatable bonds is 8. The summed E-state index contributed by atoms with van der Waals surface area (Å²) in [6.45, 7) is 2.63. The average Bonchev–Trinajstić information content (AvgIpc) is 2.61. The Balaban J connectivity index is 1.83. The number of Topliss-reactive ketones (excluding diaryl/α,β-unsaturated/α-hetero) is 1. The summed E-state index contributed by atoms with van der Waals surface area (Å²) in [7, 11) is 3.27. The van der Waals surface area contributed by atoms with Crippen molar-refractivity contribution in [3.63, 3.8) is 0 Å². The molecule has 23 heavy (non-hydrogen) atoms. The van der Waals surface area contributed by atoms with Gasteiger partial charge >= 0.3 is 0 Å². The van der Waals surface area contributed by atoms with Gasteiger partial charge in [-0.3, -0.25) is 4.79 Å². The van der Waals surface area contributed by atoms with E-state index in [0.717, 1.165) is 24.5 Å². The number of methoxy groups -OCH3 is 2. The first-order valence-electron chi connectivity index (χ1n) is 7.68. The van der Waals surface area contributed by atoms with Gasteiger partial charge in [-0.05, 0) is 61.9 Å². The van der Waals surface area contributed by atoms with E-state index in [1.54, 1.807) is 38.5 Å². The first-order chi connectivity index (χ1) is 11.1. The molecule has 0 saturated heterocycles. The number of nitrogens with one attached hydrogen (secondary N) is 1. The summed E-state index contributed by atoms with van der Waals surface area (Å²) in [6.07, 6.45) is 0.865. The predicted octanol–water partition coefficient (Wildman–Crippen LogP) is 3.11. The minimum Gasteiger partial charge on any atom is -0.497 e. The zero-order valence-corrected chi connectivity index (χ0v) is 13.8. The molecule has 4 heteroatoms. The lowest BCUT2D eigenvalue weighted by Gasteiger charge is -2.13. The van der Waals surface area contributed by atoms with E-state index in [-0.39, 0.29) is 11.8 Å². The molecule has 2 aromatic rings. The predicted molar refractivity (Wildman–Crippen MR) is 91.5 cm³/mol. The molecule has 1 unspecified atom stereocenters. The second-order valence-corrected chi connectivity index (χ2v) is 5.37. The SMILES string of the molecule is COc1ccc(CCNC(C)C(=O)c2ccc(OC)cc2)cc1. The maximum absolute atomic E-state index is 12.4. The van der Waals surface area contributed by atoms with E-state index in [4.69, 9.17) is 9.47 Å². The summed E-state index contributed by atoms with van der Waals surface area (Å²) < 4.78 is 10.2. The Bertz CT molecular complexity index is 620. The number of carbonyl (C=O) groups excluding carboxylic acids is 1. The highest BCUT2D eigenvalue weighted by molar-refractivity contribution is 5.99. The Morgan fingerprint density at radius 1 is 0.957 bits per heavy atom. The van der Waals surface area contributed by atoms with Gasteiger partial charge in [0, 0.05) is 5.56 Å². The van der Waals surface area contributed by atoms with Crippen LogP contribution in [0.25, 0.3) is 0 Å². The third kappa shape index (κ3) is 4.83. The Kier molecular flexibility index (Phi) is 6.18. The minimum atomic E-state index is -0.221. The van der Waals surface area contributed by atoms with Crippen LogP contribution in [0.5, 0.6) is 11.5 Å². The summed E-state index contributed by atoms with van der Waals surface area (Å²) in [6, 6.07) is 14.9. The molecule has 4 nitrogen and oxygen atoms in total. The van der Waals surface area contributed by atoms with Gasteiger partial charge < -0.3 is 14.8 Å². The second kappa shape index (κ2) is 8.34. The summed E-state index contributed by atoms with van der Waals surface area (Å²) in [5.41, 5.74) is 1.90. The highest BCUT2D eigenvalue weighted by atomic mass is 16.5. The fourth-order valence-electron chi connectivity index (χ4n) is 2.32. The monoisotopic (exact) mass is 313 g/mol. The molecule has 0 heterocycles. The molecule has 0 spiro atoms. The van der Waals surface area contributed by atoms with E-state index >= 15 is 0 Å². The Labute approximate surface area is 137 Å². The van der Waals surface area contributed by atoms with Crippen LogP contribution in [0.4, 0.5) is 0 Å². The van der Waals surface area contributed by atoms with Crippen LogP contribution in [0.3, 0.4) is 0 Å². The molecule has 0 amide bonds. The lowest BCUT2D eigenvalue weighted by atomic mass is 10.0. The van der Waals surface area contributed by atoms with Crippen molar-refractivity contribution in [2.45, 2.75) is 19.4 Å². The molecule has 0 fully saturated rings. The first-order valence-corrected chi connectivity index (χ1v) is 7.68. The smallest absolute Gasteiger partial charge is 0.179 e. The van der Waals surface area contributed by atoms with Gasteiger partial charge in [-0.15, -0.1) is 0 Å². The first kappa shape index (κ1) is 17.0. The molecule has 0 bridgehead atoms. The molecule has 122 valence electrons. The Hall–Kier alpha value is -2.33. The van der Waals surface area contributed by atoms with Crippen LogP contribution >= 0.6 is 0 Å². The highest BCUT2D eigenvalue weighted by Crippen LogP contribution is 2.13. The van der Waals surface area contributed by atoms with Crippen molar-refractivity contribution in [2.75, 3.05) is 20.8 Å². The summed E-state index contributed by atoms with van der Waals surface area (Å²) in [5, 5.41) is 3.27. The Morgan fingerprint density at radius 3 is 2.00 bits per heavy atom. The van der Waals surface area contributed by atoms with Gasteiger partial charge in [0.1, 0.15) is 11.5 Å². The normalized spacial score (nSPS) is 11.8. The summed E-state index contributed by atoms with van der Waals surface area (Å²) in [4.78, 5) is 12.4. The summed E-state index contributed by atoms with van der Waals surface area (Å²) >= 11 is 0. The third-order valence-electron chi connectivity index (χ3n) is 3.79. The zero-order chi connectivity index (χ0) is 16.7. The molecule has 0 aromatic heterocycles. The lowest BCUT2D eigenvalue weighted by molar-refractivity contribution is 0.0951. The molecule has 2 rings (SSSR count). The molecule has 1 atom stereocenters. The number of hydrogen-bond acceptors (Lipinski definition) is 4. The molecule has 2 aromatic carbocycles. The molecular formula is C19H23NO3. The zero-order valence-electron chi connectivity index (χ0n) is 13.8. The number of carbonyl (C=O) groups is 1. The van der Waals surface area contributed by atoms with Crippen molar-refractivity contribution in [1.82, 2.24) is 5.32 Å². The number of benzene rings is 2.